The number of rotatable bonds is 5. The lowest BCUT2D eigenvalue weighted by Gasteiger charge is -2.32. The number of carbonyl (C=O) groups excluding carboxylic acids is 1. The molecule has 0 fully saturated rings. The number of halogens is 1. The molecule has 2 atom stereocenters. The number of carbonyl (C=O) groups is 1. The molecule has 0 spiro atoms. The van der Waals surface area contributed by atoms with Gasteiger partial charge >= 0.3 is 0 Å². The standard InChI is InChI=1S/C12H17NO3.ClH/c1-3-11(15)12(13,16-2)10-6-4-5-9(7-10)8-14;/h4-8,11,15H,3,13H2,1-2H3;1H/t11-,12-;/m1./s1. The first-order chi connectivity index (χ1) is 7.58. The number of nitrogens with two attached hydrogens (primary N) is 1. The molecule has 0 radical (unpaired) electrons. The molecule has 0 aliphatic carbocycles. The molecule has 17 heavy (non-hydrogen) atoms. The highest BCUT2D eigenvalue weighted by Gasteiger charge is 2.34. The third kappa shape index (κ3) is 3.26. The van der Waals surface area contributed by atoms with E-state index in [4.69, 9.17) is 10.5 Å². The lowest BCUT2D eigenvalue weighted by molar-refractivity contribution is -0.106. The topological polar surface area (TPSA) is 72.6 Å². The molecule has 0 unspecified atom stereocenters. The van der Waals surface area contributed by atoms with Crippen LogP contribution in [0.25, 0.3) is 0 Å². The number of benzene rings is 1. The number of aliphatic hydroxyl groups is 1. The van der Waals surface area contributed by atoms with Crippen LogP contribution in [0.4, 0.5) is 0 Å². The predicted molar refractivity (Wildman–Crippen MR) is 68.2 cm³/mol. The molecule has 96 valence electrons. The Morgan fingerprint density at radius 3 is 2.71 bits per heavy atom. The van der Waals surface area contributed by atoms with Gasteiger partial charge in [0.1, 0.15) is 12.4 Å². The lowest BCUT2D eigenvalue weighted by Crippen LogP contribution is -2.49. The van der Waals surface area contributed by atoms with Crippen molar-refractivity contribution in [2.75, 3.05) is 7.11 Å². The third-order valence-corrected chi connectivity index (χ3v) is 2.69. The highest BCUT2D eigenvalue weighted by atomic mass is 35.5. The van der Waals surface area contributed by atoms with Crippen LogP contribution in [0.1, 0.15) is 29.3 Å². The molecule has 0 saturated heterocycles. The summed E-state index contributed by atoms with van der Waals surface area (Å²) in [6, 6.07) is 6.73. The monoisotopic (exact) mass is 259 g/mol. The van der Waals surface area contributed by atoms with E-state index >= 15 is 0 Å². The van der Waals surface area contributed by atoms with Gasteiger partial charge in [-0.25, -0.2) is 0 Å². The summed E-state index contributed by atoms with van der Waals surface area (Å²) in [5.74, 6) is 0. The van der Waals surface area contributed by atoms with E-state index in [0.29, 0.717) is 17.5 Å². The summed E-state index contributed by atoms with van der Waals surface area (Å²) in [5, 5.41) is 9.86. The Hall–Kier alpha value is -0.940. The Morgan fingerprint density at radius 1 is 1.59 bits per heavy atom. The van der Waals surface area contributed by atoms with Gasteiger partial charge in [-0.1, -0.05) is 25.1 Å². The zero-order valence-electron chi connectivity index (χ0n) is 9.92. The van der Waals surface area contributed by atoms with Crippen LogP contribution in [-0.4, -0.2) is 24.6 Å². The van der Waals surface area contributed by atoms with Gasteiger partial charge in [0, 0.05) is 18.2 Å². The van der Waals surface area contributed by atoms with Crippen LogP contribution < -0.4 is 5.73 Å². The van der Waals surface area contributed by atoms with Gasteiger partial charge in [-0.15, -0.1) is 12.4 Å². The maximum atomic E-state index is 10.7. The van der Waals surface area contributed by atoms with Crippen LogP contribution in [0.3, 0.4) is 0 Å². The van der Waals surface area contributed by atoms with E-state index in [-0.39, 0.29) is 12.4 Å². The highest BCUT2D eigenvalue weighted by Crippen LogP contribution is 2.25. The molecule has 0 amide bonds. The Morgan fingerprint density at radius 2 is 2.24 bits per heavy atom. The van der Waals surface area contributed by atoms with Gasteiger partial charge in [0.05, 0.1) is 0 Å². The average molecular weight is 260 g/mol. The van der Waals surface area contributed by atoms with E-state index in [1.807, 2.05) is 6.92 Å². The van der Waals surface area contributed by atoms with Crippen LogP contribution >= 0.6 is 12.4 Å². The van der Waals surface area contributed by atoms with Crippen LogP contribution in [0, 0.1) is 0 Å². The first kappa shape index (κ1) is 16.1. The molecule has 1 aromatic rings. The number of hydrogen-bond acceptors (Lipinski definition) is 4. The zero-order valence-corrected chi connectivity index (χ0v) is 10.7. The summed E-state index contributed by atoms with van der Waals surface area (Å²) >= 11 is 0. The predicted octanol–water partition coefficient (Wildman–Crippen LogP) is 1.45. The van der Waals surface area contributed by atoms with E-state index in [1.54, 1.807) is 24.3 Å². The molecule has 0 aliphatic rings. The number of ether oxygens (including phenoxy) is 1. The molecule has 1 rings (SSSR count). The molecule has 0 heterocycles. The summed E-state index contributed by atoms with van der Waals surface area (Å²) in [6.45, 7) is 1.81. The largest absolute Gasteiger partial charge is 0.388 e. The fourth-order valence-corrected chi connectivity index (χ4v) is 1.60. The molecule has 0 bridgehead atoms. The second-order valence-electron chi connectivity index (χ2n) is 3.66. The van der Waals surface area contributed by atoms with Gasteiger partial charge in [0.15, 0.2) is 5.72 Å². The Balaban J connectivity index is 0.00000256. The van der Waals surface area contributed by atoms with Crippen LogP contribution in [-0.2, 0) is 10.5 Å². The Kier molecular flexibility index (Phi) is 6.34. The minimum Gasteiger partial charge on any atom is -0.388 e. The maximum absolute atomic E-state index is 10.7. The van der Waals surface area contributed by atoms with E-state index in [2.05, 4.69) is 0 Å². The van der Waals surface area contributed by atoms with Gasteiger partial charge in [-0.2, -0.15) is 0 Å². The van der Waals surface area contributed by atoms with E-state index < -0.39 is 11.8 Å². The summed E-state index contributed by atoms with van der Waals surface area (Å²) in [7, 11) is 1.44. The second kappa shape index (κ2) is 6.71. The van der Waals surface area contributed by atoms with Gasteiger partial charge < -0.3 is 9.84 Å². The molecule has 0 aliphatic heterocycles. The van der Waals surface area contributed by atoms with Gasteiger partial charge in [0.2, 0.25) is 0 Å². The van der Waals surface area contributed by atoms with Gasteiger partial charge in [-0.3, -0.25) is 10.5 Å². The third-order valence-electron chi connectivity index (χ3n) is 2.69. The lowest BCUT2D eigenvalue weighted by atomic mass is 9.94. The van der Waals surface area contributed by atoms with E-state index in [9.17, 15) is 9.90 Å². The van der Waals surface area contributed by atoms with Crippen molar-refractivity contribution < 1.29 is 14.6 Å². The number of aldehydes is 1. The minimum atomic E-state index is -1.27. The quantitative estimate of drug-likeness (QED) is 0.620. The van der Waals surface area contributed by atoms with Crippen molar-refractivity contribution in [2.45, 2.75) is 25.2 Å². The highest BCUT2D eigenvalue weighted by molar-refractivity contribution is 5.85. The maximum Gasteiger partial charge on any atom is 0.168 e. The molecule has 0 saturated carbocycles. The molecule has 3 N–H and O–H groups in total. The van der Waals surface area contributed by atoms with Gasteiger partial charge in [-0.05, 0) is 12.5 Å². The van der Waals surface area contributed by atoms with Gasteiger partial charge in [0.25, 0.3) is 0 Å². The van der Waals surface area contributed by atoms with Crippen molar-refractivity contribution in [2.24, 2.45) is 5.73 Å². The fourth-order valence-electron chi connectivity index (χ4n) is 1.60. The van der Waals surface area contributed by atoms with Crippen LogP contribution in [0.2, 0.25) is 0 Å². The normalized spacial score (nSPS) is 15.5. The summed E-state index contributed by atoms with van der Waals surface area (Å²) < 4.78 is 5.19. The second-order valence-corrected chi connectivity index (χ2v) is 3.66. The Labute approximate surface area is 107 Å². The smallest absolute Gasteiger partial charge is 0.168 e. The van der Waals surface area contributed by atoms with Crippen molar-refractivity contribution in [3.63, 3.8) is 0 Å². The SMILES string of the molecule is CC[C@@H](O)[C@](N)(OC)c1cccc(C=O)c1.Cl. The molecule has 1 aromatic carbocycles. The molecular weight excluding hydrogens is 242 g/mol. The molecule has 0 aromatic heterocycles. The van der Waals surface area contributed by atoms with Crippen molar-refractivity contribution >= 4 is 18.7 Å². The average Bonchev–Trinajstić information content (AvgIpc) is 2.36. The summed E-state index contributed by atoms with van der Waals surface area (Å²) in [6.07, 6.45) is 0.382. The molecular formula is C12H18ClNO3. The van der Waals surface area contributed by atoms with E-state index in [1.165, 1.54) is 7.11 Å². The van der Waals surface area contributed by atoms with Crippen molar-refractivity contribution in [1.82, 2.24) is 0 Å². The fraction of sp³-hybridized carbons (Fsp3) is 0.417. The van der Waals surface area contributed by atoms with Crippen LogP contribution in [0.15, 0.2) is 24.3 Å². The zero-order chi connectivity index (χ0) is 12.2. The van der Waals surface area contributed by atoms with Crippen molar-refractivity contribution in [3.05, 3.63) is 35.4 Å². The number of methoxy groups -OCH3 is 1. The first-order valence-corrected chi connectivity index (χ1v) is 5.16. The number of aliphatic hydroxyl groups excluding tert-OH is 1. The molecule has 4 nitrogen and oxygen atoms in total. The Bertz CT molecular complexity index is 373. The van der Waals surface area contributed by atoms with Crippen molar-refractivity contribution in [3.8, 4) is 0 Å². The molecule has 5 heteroatoms. The first-order valence-electron chi connectivity index (χ1n) is 5.16. The summed E-state index contributed by atoms with van der Waals surface area (Å²) in [5.41, 5.74) is 5.84. The number of hydrogen-bond donors (Lipinski definition) is 2. The van der Waals surface area contributed by atoms with Crippen LogP contribution in [0.5, 0.6) is 0 Å². The minimum absolute atomic E-state index is 0. The van der Waals surface area contributed by atoms with E-state index in [0.717, 1.165) is 6.29 Å². The van der Waals surface area contributed by atoms with Crippen molar-refractivity contribution in [1.29, 1.82) is 0 Å². The summed E-state index contributed by atoms with van der Waals surface area (Å²) in [4.78, 5) is 10.7.